The molecule has 0 saturated carbocycles. The second-order valence-corrected chi connectivity index (χ2v) is 9.14. The van der Waals surface area contributed by atoms with Crippen LogP contribution in [0.15, 0.2) is 42.9 Å². The molecule has 11 heteroatoms. The Hall–Kier alpha value is -4.56. The van der Waals surface area contributed by atoms with Gasteiger partial charge in [0.1, 0.15) is 16.9 Å². The molecule has 0 atom stereocenters. The quantitative estimate of drug-likeness (QED) is 0.322. The van der Waals surface area contributed by atoms with Gasteiger partial charge in [-0.15, -0.1) is 0 Å². The number of amides is 1. The largest absolute Gasteiger partial charge is 0.416 e. The number of carbonyl (C=O) groups excluding carboxylic acids is 1. The number of anilines is 2. The van der Waals surface area contributed by atoms with Gasteiger partial charge in [-0.25, -0.2) is 15.0 Å². The van der Waals surface area contributed by atoms with E-state index in [2.05, 4.69) is 37.1 Å². The zero-order chi connectivity index (χ0) is 29.0. The number of alkyl halides is 3. The lowest BCUT2D eigenvalue weighted by Gasteiger charge is -2.21. The molecule has 8 nitrogen and oxygen atoms in total. The smallest absolute Gasteiger partial charge is 0.383 e. The normalized spacial score (nSPS) is 11.4. The predicted molar refractivity (Wildman–Crippen MR) is 147 cm³/mol. The highest BCUT2D eigenvalue weighted by Crippen LogP contribution is 2.34. The number of aromatic nitrogens is 4. The molecule has 3 N–H and O–H groups in total. The number of nitrogen functional groups attached to an aromatic ring is 1. The van der Waals surface area contributed by atoms with Crippen LogP contribution in [0.25, 0.3) is 11.0 Å². The summed E-state index contributed by atoms with van der Waals surface area (Å²) in [6, 6.07) is 5.30. The van der Waals surface area contributed by atoms with Gasteiger partial charge >= 0.3 is 6.18 Å². The van der Waals surface area contributed by atoms with Crippen molar-refractivity contribution in [2.75, 3.05) is 24.1 Å². The number of carbonyl (C=O) groups is 1. The number of halogens is 3. The zero-order valence-electron chi connectivity index (χ0n) is 22.5. The van der Waals surface area contributed by atoms with Crippen LogP contribution in [0.4, 0.5) is 24.7 Å². The molecule has 0 radical (unpaired) electrons. The Labute approximate surface area is 229 Å². The highest BCUT2D eigenvalue weighted by atomic mass is 19.4. The third-order valence-electron chi connectivity index (χ3n) is 6.45. The van der Waals surface area contributed by atoms with Crippen molar-refractivity contribution < 1.29 is 18.0 Å². The number of pyridine rings is 2. The number of hydrogen-bond acceptors (Lipinski definition) is 7. The molecule has 0 unspecified atom stereocenters. The first-order valence-electron chi connectivity index (χ1n) is 12.6. The Bertz CT molecular complexity index is 1640. The van der Waals surface area contributed by atoms with Crippen molar-refractivity contribution in [1.29, 1.82) is 0 Å². The van der Waals surface area contributed by atoms with Crippen molar-refractivity contribution >= 4 is 28.4 Å². The lowest BCUT2D eigenvalue weighted by atomic mass is 10.0. The van der Waals surface area contributed by atoms with E-state index in [1.807, 2.05) is 32.6 Å². The van der Waals surface area contributed by atoms with E-state index >= 15 is 0 Å². The number of nitrogens with one attached hydrogen (secondary N) is 1. The highest BCUT2D eigenvalue weighted by Gasteiger charge is 2.34. The van der Waals surface area contributed by atoms with Crippen LogP contribution in [-0.2, 0) is 12.7 Å². The summed E-state index contributed by atoms with van der Waals surface area (Å²) in [5.74, 6) is 5.43. The van der Waals surface area contributed by atoms with Crippen molar-refractivity contribution in [3.05, 3.63) is 82.1 Å². The minimum absolute atomic E-state index is 0.0240. The van der Waals surface area contributed by atoms with Crippen LogP contribution in [0.3, 0.4) is 0 Å². The maximum atomic E-state index is 13.8. The Morgan fingerprint density at radius 3 is 2.45 bits per heavy atom. The Kier molecular flexibility index (Phi) is 8.30. The summed E-state index contributed by atoms with van der Waals surface area (Å²) in [6.45, 7) is 8.85. The maximum absolute atomic E-state index is 13.8. The van der Waals surface area contributed by atoms with E-state index in [1.165, 1.54) is 36.8 Å². The van der Waals surface area contributed by atoms with Gasteiger partial charge in [0.2, 0.25) is 0 Å². The summed E-state index contributed by atoms with van der Waals surface area (Å²) in [5, 5.41) is 2.54. The molecule has 3 aromatic heterocycles. The SMILES string of the molecule is CCN(CC)Cc1ccc(NC(=O)c2cncc(C#Cc3c(N)ncc4nc(C)c(C)nc34)c2)cc1C(F)(F)F. The number of benzene rings is 1. The molecule has 0 fully saturated rings. The molecule has 1 amide bonds. The monoisotopic (exact) mass is 547 g/mol. The lowest BCUT2D eigenvalue weighted by molar-refractivity contribution is -0.138. The van der Waals surface area contributed by atoms with E-state index in [1.54, 1.807) is 0 Å². The fourth-order valence-electron chi connectivity index (χ4n) is 4.05. The molecular formula is C29H28F3N7O. The van der Waals surface area contributed by atoms with Crippen molar-refractivity contribution in [2.45, 2.75) is 40.4 Å². The third-order valence-corrected chi connectivity index (χ3v) is 6.45. The first-order chi connectivity index (χ1) is 19.0. The summed E-state index contributed by atoms with van der Waals surface area (Å²) < 4.78 is 41.4. The first-order valence-corrected chi connectivity index (χ1v) is 12.6. The molecule has 0 aliphatic carbocycles. The van der Waals surface area contributed by atoms with Crippen LogP contribution in [0.5, 0.6) is 0 Å². The van der Waals surface area contributed by atoms with E-state index in [4.69, 9.17) is 5.73 Å². The van der Waals surface area contributed by atoms with E-state index in [-0.39, 0.29) is 29.2 Å². The van der Waals surface area contributed by atoms with Gasteiger partial charge in [-0.05, 0) is 50.7 Å². The van der Waals surface area contributed by atoms with Gasteiger partial charge < -0.3 is 11.1 Å². The van der Waals surface area contributed by atoms with Gasteiger partial charge in [0.05, 0.1) is 34.3 Å². The fraction of sp³-hybridized carbons (Fsp3) is 0.276. The van der Waals surface area contributed by atoms with Crippen molar-refractivity contribution in [3.8, 4) is 11.8 Å². The number of fused-ring (bicyclic) bond motifs is 1. The molecule has 0 aliphatic heterocycles. The Morgan fingerprint density at radius 2 is 1.75 bits per heavy atom. The average molecular weight is 548 g/mol. The van der Waals surface area contributed by atoms with E-state index in [9.17, 15) is 18.0 Å². The minimum Gasteiger partial charge on any atom is -0.383 e. The number of aryl methyl sites for hydroxylation is 2. The number of rotatable bonds is 6. The van der Waals surface area contributed by atoms with Gasteiger partial charge in [-0.1, -0.05) is 31.8 Å². The van der Waals surface area contributed by atoms with E-state index in [0.717, 1.165) is 17.5 Å². The lowest BCUT2D eigenvalue weighted by Crippen LogP contribution is -2.24. The summed E-state index contributed by atoms with van der Waals surface area (Å²) in [6.07, 6.45) is -0.267. The first kappa shape index (κ1) is 28.4. The zero-order valence-corrected chi connectivity index (χ0v) is 22.5. The molecule has 0 bridgehead atoms. The summed E-state index contributed by atoms with van der Waals surface area (Å²) in [7, 11) is 0. The van der Waals surface area contributed by atoms with E-state index < -0.39 is 17.6 Å². The number of nitrogens with zero attached hydrogens (tertiary/aromatic N) is 5. The summed E-state index contributed by atoms with van der Waals surface area (Å²) in [5.41, 5.74) is 8.91. The van der Waals surface area contributed by atoms with E-state index in [0.29, 0.717) is 35.2 Å². The second kappa shape index (κ2) is 11.7. The van der Waals surface area contributed by atoms with Crippen LogP contribution in [0.1, 0.15) is 57.8 Å². The maximum Gasteiger partial charge on any atom is 0.416 e. The molecule has 1 aromatic carbocycles. The molecule has 4 aromatic rings. The van der Waals surface area contributed by atoms with Gasteiger partial charge in [-0.2, -0.15) is 13.2 Å². The number of hydrogen-bond donors (Lipinski definition) is 2. The van der Waals surface area contributed by atoms with Crippen LogP contribution in [-0.4, -0.2) is 43.8 Å². The fourth-order valence-corrected chi connectivity index (χ4v) is 4.05. The van der Waals surface area contributed by atoms with Crippen molar-refractivity contribution in [2.24, 2.45) is 0 Å². The van der Waals surface area contributed by atoms with Crippen LogP contribution in [0, 0.1) is 25.7 Å². The highest BCUT2D eigenvalue weighted by molar-refractivity contribution is 6.04. The van der Waals surface area contributed by atoms with Crippen molar-refractivity contribution in [3.63, 3.8) is 0 Å². The second-order valence-electron chi connectivity index (χ2n) is 9.14. The third kappa shape index (κ3) is 6.35. The summed E-state index contributed by atoms with van der Waals surface area (Å²) in [4.78, 5) is 32.0. The minimum atomic E-state index is -4.57. The van der Waals surface area contributed by atoms with Gasteiger partial charge in [0, 0.05) is 30.2 Å². The predicted octanol–water partition coefficient (Wildman–Crippen LogP) is 5.13. The molecule has 0 saturated heterocycles. The molecule has 3 heterocycles. The van der Waals surface area contributed by atoms with Crippen LogP contribution < -0.4 is 11.1 Å². The molecule has 40 heavy (non-hydrogen) atoms. The number of nitrogens with two attached hydrogens (primary N) is 1. The molecule has 0 spiro atoms. The average Bonchev–Trinajstić information content (AvgIpc) is 2.92. The Morgan fingerprint density at radius 1 is 1.02 bits per heavy atom. The molecule has 206 valence electrons. The summed E-state index contributed by atoms with van der Waals surface area (Å²) >= 11 is 0. The van der Waals surface area contributed by atoms with Gasteiger partial charge in [0.15, 0.2) is 0 Å². The standard InChI is InChI=1S/C29H28F3N7O/c1-5-39(6-2)16-20-8-9-22(12-24(20)29(30,31)32)38-28(40)21-11-19(13-34-14-21)7-10-23-26-25(15-35-27(23)33)36-17(3)18(4)37-26/h8-9,11-15H,5-6,16H2,1-4H3,(H2,33,35)(H,38,40). The molecular weight excluding hydrogens is 519 g/mol. The molecule has 4 rings (SSSR count). The van der Waals surface area contributed by atoms with Gasteiger partial charge in [0.25, 0.3) is 5.91 Å². The van der Waals surface area contributed by atoms with Gasteiger partial charge in [-0.3, -0.25) is 14.7 Å². The topological polar surface area (TPSA) is 110 Å². The Balaban J connectivity index is 1.60. The van der Waals surface area contributed by atoms with Crippen LogP contribution >= 0.6 is 0 Å². The molecule has 0 aliphatic rings. The van der Waals surface area contributed by atoms with Crippen molar-refractivity contribution in [1.82, 2.24) is 24.8 Å². The van der Waals surface area contributed by atoms with Crippen LogP contribution in [0.2, 0.25) is 0 Å².